The van der Waals surface area contributed by atoms with E-state index in [-0.39, 0.29) is 0 Å². The van der Waals surface area contributed by atoms with Crippen molar-refractivity contribution >= 4 is 11.0 Å². The molecule has 1 atom stereocenters. The fourth-order valence-electron chi connectivity index (χ4n) is 3.10. The van der Waals surface area contributed by atoms with Crippen molar-refractivity contribution in [1.82, 2.24) is 14.9 Å². The number of aromatic nitrogens is 2. The highest BCUT2D eigenvalue weighted by Crippen LogP contribution is 2.28. The maximum atomic E-state index is 8.98. The Balaban J connectivity index is 1.69. The third-order valence-electron chi connectivity index (χ3n) is 4.32. The van der Waals surface area contributed by atoms with Crippen LogP contribution in [0.2, 0.25) is 0 Å². The van der Waals surface area contributed by atoms with Crippen molar-refractivity contribution in [3.05, 3.63) is 54.4 Å². The fourth-order valence-corrected chi connectivity index (χ4v) is 3.10. The summed E-state index contributed by atoms with van der Waals surface area (Å²) in [6, 6.07) is 16.7. The first-order valence-electron chi connectivity index (χ1n) is 7.53. The fraction of sp³-hybridized carbons (Fsp3) is 0.222. The molecular formula is C18H16N4. The van der Waals surface area contributed by atoms with Crippen LogP contribution in [0, 0.1) is 11.5 Å². The van der Waals surface area contributed by atoms with Crippen molar-refractivity contribution in [2.75, 3.05) is 13.1 Å². The average Bonchev–Trinajstić information content (AvgIpc) is 3.21. The summed E-state index contributed by atoms with van der Waals surface area (Å²) < 4.78 is 0. The minimum Gasteiger partial charge on any atom is -0.342 e. The summed E-state index contributed by atoms with van der Waals surface area (Å²) in [4.78, 5) is 9.97. The number of H-pyrrole nitrogens is 1. The summed E-state index contributed by atoms with van der Waals surface area (Å²) in [6.45, 7) is 1.59. The average molecular weight is 288 g/mol. The van der Waals surface area contributed by atoms with Crippen LogP contribution in [0.5, 0.6) is 0 Å². The van der Waals surface area contributed by atoms with Crippen LogP contribution in [0.25, 0.3) is 22.2 Å². The number of hydrogen-bond acceptors (Lipinski definition) is 3. The van der Waals surface area contributed by atoms with Gasteiger partial charge >= 0.3 is 0 Å². The molecule has 4 heteroatoms. The van der Waals surface area contributed by atoms with Gasteiger partial charge in [-0.3, -0.25) is 0 Å². The molecule has 2 aromatic carbocycles. The molecule has 4 nitrogen and oxygen atoms in total. The van der Waals surface area contributed by atoms with Crippen molar-refractivity contribution in [2.45, 2.75) is 12.3 Å². The third kappa shape index (κ3) is 2.21. The number of fused-ring (bicyclic) bond motifs is 1. The van der Waals surface area contributed by atoms with Gasteiger partial charge in [0.15, 0.2) is 6.19 Å². The van der Waals surface area contributed by atoms with Crippen LogP contribution >= 0.6 is 0 Å². The standard InChI is InChI=1S/C18H16N4/c19-12-22-9-8-15(11-22)18-20-16-7-6-14(10-17(16)21-18)13-4-2-1-3-5-13/h1-7,10,15H,8-9,11H2,(H,20,21). The Labute approximate surface area is 129 Å². The van der Waals surface area contributed by atoms with Crippen LogP contribution in [0.3, 0.4) is 0 Å². The quantitative estimate of drug-likeness (QED) is 0.734. The summed E-state index contributed by atoms with van der Waals surface area (Å²) in [5, 5.41) is 8.98. The molecule has 1 unspecified atom stereocenters. The van der Waals surface area contributed by atoms with Gasteiger partial charge in [-0.25, -0.2) is 4.98 Å². The van der Waals surface area contributed by atoms with Crippen LogP contribution in [0.15, 0.2) is 48.5 Å². The zero-order valence-electron chi connectivity index (χ0n) is 12.2. The molecule has 1 N–H and O–H groups in total. The van der Waals surface area contributed by atoms with Crippen molar-refractivity contribution in [3.8, 4) is 17.3 Å². The molecule has 1 aromatic heterocycles. The Morgan fingerprint density at radius 3 is 2.77 bits per heavy atom. The van der Waals surface area contributed by atoms with Crippen molar-refractivity contribution in [2.24, 2.45) is 0 Å². The van der Waals surface area contributed by atoms with Gasteiger partial charge in [0, 0.05) is 19.0 Å². The molecule has 108 valence electrons. The van der Waals surface area contributed by atoms with E-state index in [0.717, 1.165) is 36.4 Å². The Morgan fingerprint density at radius 1 is 1.14 bits per heavy atom. The van der Waals surface area contributed by atoms with E-state index in [9.17, 15) is 0 Å². The predicted octanol–water partition coefficient (Wildman–Crippen LogP) is 3.50. The normalized spacial score (nSPS) is 17.8. The third-order valence-corrected chi connectivity index (χ3v) is 4.32. The number of hydrogen-bond donors (Lipinski definition) is 1. The van der Waals surface area contributed by atoms with E-state index in [0.29, 0.717) is 5.92 Å². The second-order valence-corrected chi connectivity index (χ2v) is 5.75. The smallest absolute Gasteiger partial charge is 0.179 e. The molecule has 1 aliphatic rings. The van der Waals surface area contributed by atoms with E-state index in [1.165, 1.54) is 11.1 Å². The van der Waals surface area contributed by atoms with Gasteiger partial charge in [0.2, 0.25) is 0 Å². The van der Waals surface area contributed by atoms with E-state index < -0.39 is 0 Å². The Morgan fingerprint density at radius 2 is 2.00 bits per heavy atom. The van der Waals surface area contributed by atoms with Gasteiger partial charge in [-0.05, 0) is 29.7 Å². The second-order valence-electron chi connectivity index (χ2n) is 5.75. The largest absolute Gasteiger partial charge is 0.342 e. The van der Waals surface area contributed by atoms with E-state index in [1.54, 1.807) is 4.90 Å². The maximum Gasteiger partial charge on any atom is 0.179 e. The highest BCUT2D eigenvalue weighted by atomic mass is 15.1. The van der Waals surface area contributed by atoms with Crippen molar-refractivity contribution < 1.29 is 0 Å². The summed E-state index contributed by atoms with van der Waals surface area (Å²) >= 11 is 0. The zero-order valence-corrected chi connectivity index (χ0v) is 12.2. The molecule has 0 radical (unpaired) electrons. The monoisotopic (exact) mass is 288 g/mol. The number of benzene rings is 2. The van der Waals surface area contributed by atoms with Gasteiger partial charge in [0.25, 0.3) is 0 Å². The molecule has 3 aromatic rings. The summed E-state index contributed by atoms with van der Waals surface area (Å²) in [5.41, 5.74) is 4.43. The molecule has 0 spiro atoms. The van der Waals surface area contributed by atoms with Crippen LogP contribution in [-0.2, 0) is 0 Å². The first-order valence-corrected chi connectivity index (χ1v) is 7.53. The molecule has 1 fully saturated rings. The number of likely N-dealkylation sites (tertiary alicyclic amines) is 1. The molecule has 1 saturated heterocycles. The van der Waals surface area contributed by atoms with Crippen LogP contribution < -0.4 is 0 Å². The Kier molecular flexibility index (Phi) is 3.05. The maximum absolute atomic E-state index is 8.98. The summed E-state index contributed by atoms with van der Waals surface area (Å²) in [5.74, 6) is 1.32. The summed E-state index contributed by atoms with van der Waals surface area (Å²) in [7, 11) is 0. The number of nitrogens with one attached hydrogen (secondary N) is 1. The molecule has 2 heterocycles. The minimum atomic E-state index is 0.326. The van der Waals surface area contributed by atoms with Gasteiger partial charge in [0.1, 0.15) is 5.82 Å². The SMILES string of the molecule is N#CN1CCC(c2nc3cc(-c4ccccc4)ccc3[nH]2)C1. The lowest BCUT2D eigenvalue weighted by Gasteiger charge is -2.05. The number of nitriles is 1. The lowest BCUT2D eigenvalue weighted by atomic mass is 10.1. The lowest BCUT2D eigenvalue weighted by Crippen LogP contribution is -2.13. The number of imidazole rings is 1. The van der Waals surface area contributed by atoms with E-state index in [2.05, 4.69) is 41.5 Å². The van der Waals surface area contributed by atoms with E-state index in [1.807, 2.05) is 18.2 Å². The molecule has 22 heavy (non-hydrogen) atoms. The molecular weight excluding hydrogens is 272 g/mol. The lowest BCUT2D eigenvalue weighted by molar-refractivity contribution is 0.477. The molecule has 0 aliphatic carbocycles. The highest BCUT2D eigenvalue weighted by Gasteiger charge is 2.25. The molecule has 4 rings (SSSR count). The Hall–Kier alpha value is -2.80. The number of nitrogens with zero attached hydrogens (tertiary/aromatic N) is 3. The first kappa shape index (κ1) is 12.9. The summed E-state index contributed by atoms with van der Waals surface area (Å²) in [6.07, 6.45) is 3.20. The first-order chi connectivity index (χ1) is 10.8. The van der Waals surface area contributed by atoms with Crippen LogP contribution in [0.4, 0.5) is 0 Å². The zero-order chi connectivity index (χ0) is 14.9. The van der Waals surface area contributed by atoms with E-state index >= 15 is 0 Å². The minimum absolute atomic E-state index is 0.326. The van der Waals surface area contributed by atoms with E-state index in [4.69, 9.17) is 10.2 Å². The highest BCUT2D eigenvalue weighted by molar-refractivity contribution is 5.82. The van der Waals surface area contributed by atoms with Gasteiger partial charge in [-0.2, -0.15) is 5.26 Å². The molecule has 0 amide bonds. The van der Waals surface area contributed by atoms with Crippen molar-refractivity contribution in [3.63, 3.8) is 0 Å². The Bertz CT molecular complexity index is 844. The number of aromatic amines is 1. The van der Waals surface area contributed by atoms with Gasteiger partial charge in [-0.15, -0.1) is 0 Å². The topological polar surface area (TPSA) is 55.7 Å². The van der Waals surface area contributed by atoms with Crippen LogP contribution in [-0.4, -0.2) is 28.0 Å². The predicted molar refractivity (Wildman–Crippen MR) is 86.1 cm³/mol. The van der Waals surface area contributed by atoms with Gasteiger partial charge in [-0.1, -0.05) is 36.4 Å². The van der Waals surface area contributed by atoms with Gasteiger partial charge < -0.3 is 9.88 Å². The molecule has 0 saturated carbocycles. The molecule has 0 bridgehead atoms. The van der Waals surface area contributed by atoms with Gasteiger partial charge in [0.05, 0.1) is 11.0 Å². The second kappa shape index (κ2) is 5.19. The number of rotatable bonds is 2. The van der Waals surface area contributed by atoms with Crippen LogP contribution in [0.1, 0.15) is 18.2 Å². The van der Waals surface area contributed by atoms with Crippen molar-refractivity contribution in [1.29, 1.82) is 5.26 Å². The molecule has 1 aliphatic heterocycles.